The smallest absolute Gasteiger partial charge is 0.307 e. The fourth-order valence-electron chi connectivity index (χ4n) is 2.30. The van der Waals surface area contributed by atoms with Gasteiger partial charge in [0.25, 0.3) is 5.91 Å². The van der Waals surface area contributed by atoms with Crippen molar-refractivity contribution in [2.75, 3.05) is 11.9 Å². The molecule has 0 aliphatic heterocycles. The van der Waals surface area contributed by atoms with E-state index in [1.165, 1.54) is 0 Å². The molecule has 0 saturated heterocycles. The highest BCUT2D eigenvalue weighted by molar-refractivity contribution is 5.94. The quantitative estimate of drug-likeness (QED) is 0.643. The molecule has 2 amide bonds. The van der Waals surface area contributed by atoms with Crippen LogP contribution in [0.3, 0.4) is 0 Å². The Balaban J connectivity index is 1.72. The molecule has 0 bridgehead atoms. The van der Waals surface area contributed by atoms with Crippen LogP contribution in [0.25, 0.3) is 0 Å². The topological polar surface area (TPSA) is 95.5 Å². The van der Waals surface area contributed by atoms with E-state index in [0.717, 1.165) is 0 Å². The van der Waals surface area contributed by atoms with E-state index in [1.54, 1.807) is 48.5 Å². The molecule has 0 heterocycles. The Kier molecular flexibility index (Phi) is 6.71. The maximum Gasteiger partial charge on any atom is 0.307 e. The van der Waals surface area contributed by atoms with E-state index >= 15 is 0 Å². The van der Waals surface area contributed by atoms with Gasteiger partial charge in [-0.15, -0.1) is 0 Å². The van der Waals surface area contributed by atoms with Crippen LogP contribution >= 0.6 is 0 Å². The molecule has 0 aliphatic rings. The van der Waals surface area contributed by atoms with Crippen molar-refractivity contribution in [3.8, 4) is 0 Å². The molecule has 2 aromatic rings. The van der Waals surface area contributed by atoms with Gasteiger partial charge in [-0.2, -0.15) is 0 Å². The lowest BCUT2D eigenvalue weighted by Crippen LogP contribution is -2.25. The molecule has 0 atom stereocenters. The maximum atomic E-state index is 11.9. The summed E-state index contributed by atoms with van der Waals surface area (Å²) in [7, 11) is 0. The van der Waals surface area contributed by atoms with Crippen LogP contribution in [-0.2, 0) is 16.0 Å². The fraction of sp³-hybridized carbons (Fsp3) is 0.211. The number of carboxylic acid groups (broad SMARTS) is 1. The number of amides is 2. The van der Waals surface area contributed by atoms with Crippen LogP contribution in [0.5, 0.6) is 0 Å². The van der Waals surface area contributed by atoms with Crippen molar-refractivity contribution in [1.82, 2.24) is 5.32 Å². The van der Waals surface area contributed by atoms with Crippen molar-refractivity contribution in [3.63, 3.8) is 0 Å². The number of aliphatic carboxylic acids is 1. The minimum Gasteiger partial charge on any atom is -0.481 e. The van der Waals surface area contributed by atoms with E-state index in [0.29, 0.717) is 29.8 Å². The number of carboxylic acids is 1. The molecular weight excluding hydrogens is 320 g/mol. The Morgan fingerprint density at radius 1 is 0.960 bits per heavy atom. The third kappa shape index (κ3) is 6.47. The summed E-state index contributed by atoms with van der Waals surface area (Å²) in [4.78, 5) is 34.5. The zero-order chi connectivity index (χ0) is 18.1. The lowest BCUT2D eigenvalue weighted by atomic mass is 10.1. The molecule has 25 heavy (non-hydrogen) atoms. The van der Waals surface area contributed by atoms with Gasteiger partial charge in [-0.25, -0.2) is 0 Å². The van der Waals surface area contributed by atoms with Crippen molar-refractivity contribution in [1.29, 1.82) is 0 Å². The van der Waals surface area contributed by atoms with Gasteiger partial charge in [0.1, 0.15) is 0 Å². The Morgan fingerprint density at radius 3 is 2.44 bits per heavy atom. The zero-order valence-corrected chi connectivity index (χ0v) is 13.7. The lowest BCUT2D eigenvalue weighted by molar-refractivity contribution is -0.136. The summed E-state index contributed by atoms with van der Waals surface area (Å²) < 4.78 is 0. The van der Waals surface area contributed by atoms with E-state index in [4.69, 9.17) is 5.11 Å². The lowest BCUT2D eigenvalue weighted by Gasteiger charge is -2.08. The van der Waals surface area contributed by atoms with Crippen molar-refractivity contribution >= 4 is 23.5 Å². The van der Waals surface area contributed by atoms with Crippen LogP contribution < -0.4 is 10.6 Å². The number of carbonyl (C=O) groups excluding carboxylic acids is 2. The molecule has 3 N–H and O–H groups in total. The van der Waals surface area contributed by atoms with E-state index in [2.05, 4.69) is 10.6 Å². The molecule has 0 fully saturated rings. The Hall–Kier alpha value is -3.15. The standard InChI is InChI=1S/C19H20N2O4/c22-17(21-16-9-4-6-14(12-16)13-18(23)24)10-5-11-20-19(25)15-7-2-1-3-8-15/h1-4,6-9,12H,5,10-11,13H2,(H,20,25)(H,21,22)(H,23,24). The Labute approximate surface area is 145 Å². The molecule has 0 aliphatic carbocycles. The molecule has 0 radical (unpaired) electrons. The minimum absolute atomic E-state index is 0.0881. The number of carbonyl (C=O) groups is 3. The first-order chi connectivity index (χ1) is 12.0. The van der Waals surface area contributed by atoms with Crippen LogP contribution in [0.4, 0.5) is 5.69 Å². The first-order valence-corrected chi connectivity index (χ1v) is 7.98. The van der Waals surface area contributed by atoms with Crippen molar-refractivity contribution in [2.24, 2.45) is 0 Å². The summed E-state index contributed by atoms with van der Waals surface area (Å²) in [5.41, 5.74) is 1.78. The highest BCUT2D eigenvalue weighted by Gasteiger charge is 2.07. The van der Waals surface area contributed by atoms with Gasteiger partial charge in [-0.3, -0.25) is 14.4 Å². The van der Waals surface area contributed by atoms with Gasteiger partial charge in [-0.05, 0) is 36.2 Å². The van der Waals surface area contributed by atoms with Gasteiger partial charge in [0.05, 0.1) is 6.42 Å². The number of anilines is 1. The maximum absolute atomic E-state index is 11.9. The third-order valence-corrected chi connectivity index (χ3v) is 3.47. The molecular formula is C19H20N2O4. The largest absolute Gasteiger partial charge is 0.481 e. The monoisotopic (exact) mass is 340 g/mol. The van der Waals surface area contributed by atoms with Gasteiger partial charge >= 0.3 is 5.97 Å². The molecule has 0 aromatic heterocycles. The first kappa shape index (κ1) is 18.2. The second-order valence-corrected chi connectivity index (χ2v) is 5.54. The van der Waals surface area contributed by atoms with Gasteiger partial charge in [0.15, 0.2) is 0 Å². The molecule has 130 valence electrons. The van der Waals surface area contributed by atoms with Gasteiger partial charge in [-0.1, -0.05) is 30.3 Å². The molecule has 6 nitrogen and oxygen atoms in total. The molecule has 2 aromatic carbocycles. The van der Waals surface area contributed by atoms with Crippen LogP contribution in [0.2, 0.25) is 0 Å². The highest BCUT2D eigenvalue weighted by Crippen LogP contribution is 2.12. The van der Waals surface area contributed by atoms with Crippen molar-refractivity contribution in [3.05, 3.63) is 65.7 Å². The van der Waals surface area contributed by atoms with Crippen LogP contribution in [0, 0.1) is 0 Å². The average Bonchev–Trinajstić information content (AvgIpc) is 2.59. The van der Waals surface area contributed by atoms with E-state index in [-0.39, 0.29) is 24.7 Å². The number of hydrogen-bond acceptors (Lipinski definition) is 3. The SMILES string of the molecule is O=C(O)Cc1cccc(NC(=O)CCCNC(=O)c2ccccc2)c1. The summed E-state index contributed by atoms with van der Waals surface area (Å²) in [6.07, 6.45) is 0.687. The molecule has 0 saturated carbocycles. The Bertz CT molecular complexity index is 744. The first-order valence-electron chi connectivity index (χ1n) is 7.98. The second kappa shape index (κ2) is 9.22. The number of hydrogen-bond donors (Lipinski definition) is 3. The molecule has 2 rings (SSSR count). The third-order valence-electron chi connectivity index (χ3n) is 3.47. The summed E-state index contributed by atoms with van der Waals surface area (Å²) in [5.74, 6) is -1.26. The number of nitrogens with one attached hydrogen (secondary N) is 2. The van der Waals surface area contributed by atoms with Crippen LogP contribution in [-0.4, -0.2) is 29.4 Å². The summed E-state index contributed by atoms with van der Waals surface area (Å²) >= 11 is 0. The number of benzene rings is 2. The van der Waals surface area contributed by atoms with E-state index in [1.807, 2.05) is 6.07 Å². The summed E-state index contributed by atoms with van der Waals surface area (Å²) in [6, 6.07) is 15.6. The number of rotatable bonds is 8. The molecule has 0 unspecified atom stereocenters. The summed E-state index contributed by atoms with van der Waals surface area (Å²) in [6.45, 7) is 0.403. The average molecular weight is 340 g/mol. The van der Waals surface area contributed by atoms with Crippen molar-refractivity contribution in [2.45, 2.75) is 19.3 Å². The highest BCUT2D eigenvalue weighted by atomic mass is 16.4. The van der Waals surface area contributed by atoms with Gasteiger partial charge in [0, 0.05) is 24.2 Å². The van der Waals surface area contributed by atoms with E-state index < -0.39 is 5.97 Å². The predicted octanol–water partition coefficient (Wildman–Crippen LogP) is 2.46. The van der Waals surface area contributed by atoms with Gasteiger partial charge in [0.2, 0.25) is 5.91 Å². The predicted molar refractivity (Wildman–Crippen MR) is 94.4 cm³/mol. The van der Waals surface area contributed by atoms with Crippen molar-refractivity contribution < 1.29 is 19.5 Å². The van der Waals surface area contributed by atoms with Crippen LogP contribution in [0.1, 0.15) is 28.8 Å². The zero-order valence-electron chi connectivity index (χ0n) is 13.7. The second-order valence-electron chi connectivity index (χ2n) is 5.54. The normalized spacial score (nSPS) is 10.1. The Morgan fingerprint density at radius 2 is 1.72 bits per heavy atom. The minimum atomic E-state index is -0.919. The molecule has 6 heteroatoms. The summed E-state index contributed by atoms with van der Waals surface area (Å²) in [5, 5.41) is 14.3. The fourth-order valence-corrected chi connectivity index (χ4v) is 2.30. The molecule has 0 spiro atoms. The van der Waals surface area contributed by atoms with Gasteiger partial charge < -0.3 is 15.7 Å². The van der Waals surface area contributed by atoms with E-state index in [9.17, 15) is 14.4 Å². The van der Waals surface area contributed by atoms with Crippen LogP contribution in [0.15, 0.2) is 54.6 Å².